The minimum absolute atomic E-state index is 0.188. The van der Waals surface area contributed by atoms with Crippen LogP contribution in [0.5, 0.6) is 11.5 Å². The van der Waals surface area contributed by atoms with Gasteiger partial charge in [0.2, 0.25) is 0 Å². The molecule has 0 heterocycles. The molecule has 2 rings (SSSR count). The molecule has 1 aliphatic carbocycles. The summed E-state index contributed by atoms with van der Waals surface area (Å²) in [6.45, 7) is 9.60. The van der Waals surface area contributed by atoms with Crippen molar-refractivity contribution in [2.24, 2.45) is 0 Å². The molecule has 34 heavy (non-hydrogen) atoms. The average molecular weight is 476 g/mol. The monoisotopic (exact) mass is 475 g/mol. The summed E-state index contributed by atoms with van der Waals surface area (Å²) in [5, 5.41) is 2.45. The lowest BCUT2D eigenvalue weighted by Gasteiger charge is -2.22. The summed E-state index contributed by atoms with van der Waals surface area (Å²) in [6, 6.07) is 2.42. The van der Waals surface area contributed by atoms with Crippen molar-refractivity contribution >= 4 is 24.0 Å². The zero-order valence-electron chi connectivity index (χ0n) is 20.6. The summed E-state index contributed by atoms with van der Waals surface area (Å²) in [7, 11) is 0. The van der Waals surface area contributed by atoms with E-state index in [4.69, 9.17) is 18.9 Å². The van der Waals surface area contributed by atoms with Crippen LogP contribution in [0.25, 0.3) is 0 Å². The Morgan fingerprint density at radius 3 is 2.15 bits per heavy atom. The molecule has 0 saturated heterocycles. The van der Waals surface area contributed by atoms with Gasteiger partial charge >= 0.3 is 24.0 Å². The Morgan fingerprint density at radius 2 is 1.59 bits per heavy atom. The number of amides is 1. The smallest absolute Gasteiger partial charge is 0.408 e. The first-order valence-electron chi connectivity index (χ1n) is 11.2. The second kappa shape index (κ2) is 11.7. The third kappa shape index (κ3) is 8.53. The maximum Gasteiger partial charge on any atom is 0.408 e. The van der Waals surface area contributed by atoms with Crippen LogP contribution >= 0.6 is 0 Å². The van der Waals surface area contributed by atoms with Gasteiger partial charge in [-0.3, -0.25) is 9.59 Å². The molecule has 1 aromatic rings. The van der Waals surface area contributed by atoms with E-state index in [0.717, 1.165) is 16.7 Å². The molecule has 0 aromatic heterocycles. The SMILES string of the molecule is CC(=O)Oc1ccc(OC(C)=O)c2c1CC=C(CCCOC(=O)C(C)NC(=O)OC(C)(C)C)C2. The third-order valence-electron chi connectivity index (χ3n) is 4.82. The fourth-order valence-electron chi connectivity index (χ4n) is 3.44. The van der Waals surface area contributed by atoms with Gasteiger partial charge in [0.05, 0.1) is 6.61 Å². The van der Waals surface area contributed by atoms with Crippen molar-refractivity contribution in [2.45, 2.75) is 78.9 Å². The fourth-order valence-corrected chi connectivity index (χ4v) is 3.44. The highest BCUT2D eigenvalue weighted by Gasteiger charge is 2.23. The summed E-state index contributed by atoms with van der Waals surface area (Å²) in [6.07, 6.45) is 3.66. The number of benzene rings is 1. The Hall–Kier alpha value is -3.36. The summed E-state index contributed by atoms with van der Waals surface area (Å²) in [4.78, 5) is 46.8. The molecule has 1 aliphatic rings. The Morgan fingerprint density at radius 1 is 1.00 bits per heavy atom. The molecule has 1 atom stereocenters. The Bertz CT molecular complexity index is 974. The van der Waals surface area contributed by atoms with E-state index in [1.165, 1.54) is 20.8 Å². The number of carbonyl (C=O) groups excluding carboxylic acids is 4. The lowest BCUT2D eigenvalue weighted by Crippen LogP contribution is -2.42. The predicted molar refractivity (Wildman–Crippen MR) is 124 cm³/mol. The average Bonchev–Trinajstić information content (AvgIpc) is 2.70. The largest absolute Gasteiger partial charge is 0.464 e. The van der Waals surface area contributed by atoms with E-state index in [1.54, 1.807) is 32.9 Å². The van der Waals surface area contributed by atoms with E-state index >= 15 is 0 Å². The molecule has 9 nitrogen and oxygen atoms in total. The molecule has 0 saturated carbocycles. The molecule has 0 aliphatic heterocycles. The number of rotatable bonds is 8. The lowest BCUT2D eigenvalue weighted by atomic mass is 9.88. The second-order valence-electron chi connectivity index (χ2n) is 9.09. The fraction of sp³-hybridized carbons (Fsp3) is 0.520. The zero-order chi connectivity index (χ0) is 25.5. The van der Waals surface area contributed by atoms with Crippen LogP contribution in [0.4, 0.5) is 4.79 Å². The van der Waals surface area contributed by atoms with Crippen LogP contribution in [0.15, 0.2) is 23.8 Å². The minimum Gasteiger partial charge on any atom is -0.464 e. The quantitative estimate of drug-likeness (QED) is 0.261. The van der Waals surface area contributed by atoms with Gasteiger partial charge < -0.3 is 24.3 Å². The zero-order valence-corrected chi connectivity index (χ0v) is 20.6. The highest BCUT2D eigenvalue weighted by atomic mass is 16.6. The van der Waals surface area contributed by atoms with E-state index in [1.807, 2.05) is 6.08 Å². The van der Waals surface area contributed by atoms with E-state index in [9.17, 15) is 19.2 Å². The topological polar surface area (TPSA) is 117 Å². The first-order valence-corrected chi connectivity index (χ1v) is 11.2. The number of hydrogen-bond donors (Lipinski definition) is 1. The number of ether oxygens (including phenoxy) is 4. The molecule has 1 amide bonds. The third-order valence-corrected chi connectivity index (χ3v) is 4.82. The number of allylic oxidation sites excluding steroid dienone is 2. The van der Waals surface area contributed by atoms with Crippen LogP contribution in [0.1, 0.15) is 65.5 Å². The Balaban J connectivity index is 1.90. The second-order valence-corrected chi connectivity index (χ2v) is 9.09. The molecule has 0 fully saturated rings. The molecule has 0 spiro atoms. The van der Waals surface area contributed by atoms with Crippen molar-refractivity contribution in [1.29, 1.82) is 0 Å². The van der Waals surface area contributed by atoms with Gasteiger partial charge in [0.25, 0.3) is 0 Å². The summed E-state index contributed by atoms with van der Waals surface area (Å²) < 4.78 is 21.1. The van der Waals surface area contributed by atoms with Crippen LogP contribution in [-0.4, -0.2) is 42.3 Å². The molecule has 1 unspecified atom stereocenters. The molecule has 1 aromatic carbocycles. The van der Waals surface area contributed by atoms with Crippen LogP contribution < -0.4 is 14.8 Å². The van der Waals surface area contributed by atoms with Crippen LogP contribution in [-0.2, 0) is 36.7 Å². The minimum atomic E-state index is -0.832. The van der Waals surface area contributed by atoms with E-state index in [2.05, 4.69) is 5.32 Å². The maximum atomic E-state index is 12.1. The summed E-state index contributed by atoms with van der Waals surface area (Å²) in [5.74, 6) is -0.502. The Kier molecular flexibility index (Phi) is 9.23. The van der Waals surface area contributed by atoms with Crippen molar-refractivity contribution in [3.8, 4) is 11.5 Å². The molecule has 186 valence electrons. The molecular formula is C25H33NO8. The predicted octanol–water partition coefficient (Wildman–Crippen LogP) is 3.80. The standard InChI is InChI=1S/C25H33NO8/c1-15(26-24(30)34-25(4,5)6)23(29)31-13-7-8-18-9-10-19-20(14-18)22(33-17(3)28)12-11-21(19)32-16(2)27/h9,11-12,15H,7-8,10,13-14H2,1-6H3,(H,26,30). The van der Waals surface area contributed by atoms with Gasteiger partial charge in [-0.25, -0.2) is 9.59 Å². The van der Waals surface area contributed by atoms with Crippen LogP contribution in [0.2, 0.25) is 0 Å². The number of alkyl carbamates (subject to hydrolysis) is 1. The first-order chi connectivity index (χ1) is 15.9. The van der Waals surface area contributed by atoms with E-state index in [-0.39, 0.29) is 6.61 Å². The van der Waals surface area contributed by atoms with Gasteiger partial charge in [-0.15, -0.1) is 0 Å². The van der Waals surface area contributed by atoms with Gasteiger partial charge in [-0.05, 0) is 65.5 Å². The lowest BCUT2D eigenvalue weighted by molar-refractivity contribution is -0.145. The van der Waals surface area contributed by atoms with Gasteiger partial charge in [-0.1, -0.05) is 11.6 Å². The highest BCUT2D eigenvalue weighted by Crippen LogP contribution is 2.37. The maximum absolute atomic E-state index is 12.1. The number of carbonyl (C=O) groups is 4. The van der Waals surface area contributed by atoms with Crippen molar-refractivity contribution in [3.05, 3.63) is 34.9 Å². The molecule has 0 bridgehead atoms. The van der Waals surface area contributed by atoms with Gasteiger partial charge in [0.1, 0.15) is 23.1 Å². The van der Waals surface area contributed by atoms with Crippen molar-refractivity contribution in [1.82, 2.24) is 5.32 Å². The van der Waals surface area contributed by atoms with Gasteiger partial charge in [-0.2, -0.15) is 0 Å². The number of nitrogens with one attached hydrogen (secondary N) is 1. The number of hydrogen-bond acceptors (Lipinski definition) is 8. The highest BCUT2D eigenvalue weighted by molar-refractivity contribution is 5.81. The normalized spacial score (nSPS) is 13.6. The molecular weight excluding hydrogens is 442 g/mol. The summed E-state index contributed by atoms with van der Waals surface area (Å²) >= 11 is 0. The van der Waals surface area contributed by atoms with Crippen LogP contribution in [0.3, 0.4) is 0 Å². The van der Waals surface area contributed by atoms with Crippen molar-refractivity contribution in [2.75, 3.05) is 6.61 Å². The molecule has 0 radical (unpaired) electrons. The van der Waals surface area contributed by atoms with Gasteiger partial charge in [0, 0.05) is 25.0 Å². The molecule has 9 heteroatoms. The van der Waals surface area contributed by atoms with Crippen molar-refractivity contribution < 1.29 is 38.1 Å². The Labute approximate surface area is 199 Å². The molecule has 1 N–H and O–H groups in total. The number of fused-ring (bicyclic) bond motifs is 1. The number of esters is 3. The van der Waals surface area contributed by atoms with Crippen molar-refractivity contribution in [3.63, 3.8) is 0 Å². The van der Waals surface area contributed by atoms with E-state index < -0.39 is 35.6 Å². The summed E-state index contributed by atoms with van der Waals surface area (Å²) in [5.41, 5.74) is 2.05. The van der Waals surface area contributed by atoms with Gasteiger partial charge in [0.15, 0.2) is 0 Å². The van der Waals surface area contributed by atoms with Crippen LogP contribution in [0, 0.1) is 0 Å². The van der Waals surface area contributed by atoms with E-state index in [0.29, 0.717) is 37.2 Å². The first kappa shape index (κ1) is 26.9.